The van der Waals surface area contributed by atoms with Crippen LogP contribution in [0.3, 0.4) is 0 Å². The molecule has 0 radical (unpaired) electrons. The smallest absolute Gasteiger partial charge is 0.407 e. The lowest BCUT2D eigenvalue weighted by molar-refractivity contribution is -0.143. The Hall–Kier alpha value is -10.9. The van der Waals surface area contributed by atoms with Crippen LogP contribution in [-0.2, 0) is 103 Å². The molecule has 0 spiro atoms. The summed E-state index contributed by atoms with van der Waals surface area (Å²) in [5, 5.41) is 15.8. The van der Waals surface area contributed by atoms with E-state index >= 15 is 0 Å². The van der Waals surface area contributed by atoms with Crippen LogP contribution in [0.5, 0.6) is 23.0 Å². The monoisotopic (exact) mass is 1510 g/mol. The van der Waals surface area contributed by atoms with Gasteiger partial charge in [-0.3, -0.25) is 57.5 Å². The highest BCUT2D eigenvalue weighted by Gasteiger charge is 2.28. The molecule has 6 amide bonds. The van der Waals surface area contributed by atoms with Gasteiger partial charge in [-0.1, -0.05) is 63.1 Å². The summed E-state index contributed by atoms with van der Waals surface area (Å²) < 4.78 is 51.0. The molecule has 0 aliphatic heterocycles. The number of esters is 8. The Bertz CT molecular complexity index is 3620. The molecule has 0 saturated carbocycles. The highest BCUT2D eigenvalue weighted by atomic mass is 16.6. The largest absolute Gasteiger partial charge is 0.461 e. The van der Waals surface area contributed by atoms with Gasteiger partial charge in [0, 0.05) is 79.8 Å². The maximum atomic E-state index is 12.7. The van der Waals surface area contributed by atoms with Crippen LogP contribution in [0.1, 0.15) is 219 Å². The van der Waals surface area contributed by atoms with Gasteiger partial charge >= 0.3 is 59.9 Å². The van der Waals surface area contributed by atoms with E-state index in [-0.39, 0.29) is 118 Å². The lowest BCUT2D eigenvalue weighted by Crippen LogP contribution is -2.38. The van der Waals surface area contributed by atoms with Crippen molar-refractivity contribution in [3.05, 3.63) is 118 Å². The summed E-state index contributed by atoms with van der Waals surface area (Å²) in [6.07, 6.45) is 3.46. The molecule has 0 fully saturated rings. The molecule has 30 heteroatoms. The first kappa shape index (κ1) is 95.1. The van der Waals surface area contributed by atoms with Gasteiger partial charge in [-0.15, -0.1) is 0 Å². The van der Waals surface area contributed by atoms with Crippen molar-refractivity contribution < 1.29 is 114 Å². The molecular formula is C78H110N6O24. The van der Waals surface area contributed by atoms with Crippen LogP contribution < -0.4 is 50.8 Å². The minimum absolute atomic E-state index is 0.00338. The van der Waals surface area contributed by atoms with E-state index in [1.807, 2.05) is 13.8 Å². The van der Waals surface area contributed by atoms with Gasteiger partial charge in [0.25, 0.3) is 11.8 Å². The summed E-state index contributed by atoms with van der Waals surface area (Å²) >= 11 is 0. The van der Waals surface area contributed by atoms with E-state index in [0.717, 1.165) is 36.8 Å². The SMILES string of the molecule is CC(=O)OCc1ccc(OC(=O)C(C)(C)C)c(C(=O)NCCNC(=O)OC(C)(C)C)c1.CC(=O)OCc1ccc(OC(=O)CCNC(=O)OC(C)(C)C)cc1.CCCCC(=O)NCCC(=O)Oc1ccc(COC(C)=O)cc1.CCCCC(=O)NCCNC(=O)c1cc(COC(C)=O)ccc1OC(=O)C(C)(C)C. The predicted octanol–water partition coefficient (Wildman–Crippen LogP) is 10.6. The predicted molar refractivity (Wildman–Crippen MR) is 397 cm³/mol. The Morgan fingerprint density at radius 3 is 0.935 bits per heavy atom. The number of unbranched alkanes of at least 4 members (excludes halogenated alkanes) is 2. The Balaban J connectivity index is 0.000000725. The summed E-state index contributed by atoms with van der Waals surface area (Å²) in [5.74, 6) is -3.54. The second-order valence-electron chi connectivity index (χ2n) is 28.1. The van der Waals surface area contributed by atoms with Crippen LogP contribution in [-0.4, -0.2) is 134 Å². The zero-order chi connectivity index (χ0) is 81.8. The van der Waals surface area contributed by atoms with Gasteiger partial charge in [0.15, 0.2) is 0 Å². The summed E-state index contributed by atoms with van der Waals surface area (Å²) in [7, 11) is 0. The molecule has 596 valence electrons. The second-order valence-corrected chi connectivity index (χ2v) is 28.1. The van der Waals surface area contributed by atoms with Crippen LogP contribution in [0.15, 0.2) is 84.9 Å². The molecule has 0 saturated heterocycles. The second kappa shape index (κ2) is 49.0. The van der Waals surface area contributed by atoms with E-state index in [1.165, 1.54) is 52.0 Å². The van der Waals surface area contributed by atoms with Crippen molar-refractivity contribution in [1.82, 2.24) is 31.9 Å². The number of hydrogen-bond acceptors (Lipinski definition) is 24. The first-order valence-corrected chi connectivity index (χ1v) is 35.3. The molecule has 0 bridgehead atoms. The third-order valence-corrected chi connectivity index (χ3v) is 13.3. The lowest BCUT2D eigenvalue weighted by Gasteiger charge is -2.20. The molecule has 4 aromatic rings. The van der Waals surface area contributed by atoms with E-state index in [9.17, 15) is 67.1 Å². The van der Waals surface area contributed by atoms with E-state index < -0.39 is 81.8 Å². The van der Waals surface area contributed by atoms with Crippen molar-refractivity contribution >= 4 is 83.6 Å². The maximum Gasteiger partial charge on any atom is 0.407 e. The van der Waals surface area contributed by atoms with Crippen molar-refractivity contribution in [2.24, 2.45) is 10.8 Å². The van der Waals surface area contributed by atoms with Gasteiger partial charge < -0.3 is 79.3 Å². The molecule has 4 aromatic carbocycles. The Kier molecular flexibility index (Phi) is 43.2. The van der Waals surface area contributed by atoms with Crippen LogP contribution in [0.2, 0.25) is 0 Å². The van der Waals surface area contributed by atoms with E-state index in [2.05, 4.69) is 31.9 Å². The molecule has 6 N–H and O–H groups in total. The fourth-order valence-corrected chi connectivity index (χ4v) is 7.74. The third kappa shape index (κ3) is 46.1. The first-order valence-electron chi connectivity index (χ1n) is 35.3. The fourth-order valence-electron chi connectivity index (χ4n) is 7.74. The van der Waals surface area contributed by atoms with Crippen molar-refractivity contribution in [2.45, 2.75) is 214 Å². The van der Waals surface area contributed by atoms with Crippen LogP contribution in [0.25, 0.3) is 0 Å². The standard InChI is InChI=1S/C22H32N2O7.C22H32N2O6.C17H23NO6.C17H23NO5/c1-14(25)29-13-15-8-9-17(30-19(27)21(2,3)4)16(12-15)18(26)23-10-11-24-20(28)31-22(5,6)7;1-6-7-8-19(26)23-11-12-24-20(27)17-13-16(14-29-15(2)25)9-10-18(17)30-21(28)22(3,4)5;1-12(19)22-11-13-5-7-14(8-6-13)23-15(20)9-10-18-16(21)24-17(2,3)4;1-3-4-5-16(20)18-11-10-17(21)23-15-8-6-14(7-9-15)12-22-13(2)19/h8-9,12H,10-11,13H2,1-7H3,(H,23,26)(H,24,28);9-10,13H,6-8,11-12,14H2,1-5H3,(H,23,26)(H,24,27);5-8H,9-11H2,1-4H3,(H,18,21);6-9H,3-5,10-12H2,1-2H3,(H,18,20). The van der Waals surface area contributed by atoms with Gasteiger partial charge in [-0.25, -0.2) is 9.59 Å². The average molecular weight is 1520 g/mol. The van der Waals surface area contributed by atoms with Gasteiger partial charge in [0.1, 0.15) is 60.6 Å². The molecule has 0 aliphatic rings. The van der Waals surface area contributed by atoms with Gasteiger partial charge in [0.2, 0.25) is 11.8 Å². The molecule has 0 atom stereocenters. The fraction of sp³-hybridized carbons (Fsp3) is 0.513. The number of alkyl carbamates (subject to hydrolysis) is 2. The van der Waals surface area contributed by atoms with E-state index in [0.29, 0.717) is 42.0 Å². The van der Waals surface area contributed by atoms with Gasteiger partial charge in [-0.2, -0.15) is 0 Å². The number of benzene rings is 4. The molecule has 0 aliphatic carbocycles. The first-order chi connectivity index (χ1) is 50.4. The molecular weight excluding hydrogens is 1400 g/mol. The number of carbonyl (C=O) groups is 14. The molecule has 0 aromatic heterocycles. The number of amides is 6. The average Bonchev–Trinajstić information content (AvgIpc) is 0.831. The minimum atomic E-state index is -0.762. The third-order valence-electron chi connectivity index (χ3n) is 13.3. The molecule has 108 heavy (non-hydrogen) atoms. The summed E-state index contributed by atoms with van der Waals surface area (Å²) in [6.45, 7) is 31.5. The molecule has 0 unspecified atom stereocenters. The van der Waals surface area contributed by atoms with E-state index in [1.54, 1.807) is 144 Å². The van der Waals surface area contributed by atoms with Gasteiger partial charge in [-0.05, 0) is 167 Å². The number of nitrogens with one attached hydrogen (secondary N) is 6. The van der Waals surface area contributed by atoms with Crippen LogP contribution in [0, 0.1) is 10.8 Å². The maximum absolute atomic E-state index is 12.7. The molecule has 30 nitrogen and oxygen atoms in total. The summed E-state index contributed by atoms with van der Waals surface area (Å²) in [6, 6.07) is 22.6. The highest BCUT2D eigenvalue weighted by molar-refractivity contribution is 5.99. The zero-order valence-electron chi connectivity index (χ0n) is 65.6. The van der Waals surface area contributed by atoms with Crippen LogP contribution >= 0.6 is 0 Å². The number of ether oxygens (including phenoxy) is 10. The van der Waals surface area contributed by atoms with Crippen molar-refractivity contribution in [3.63, 3.8) is 0 Å². The zero-order valence-corrected chi connectivity index (χ0v) is 65.6. The van der Waals surface area contributed by atoms with Gasteiger partial charge in [0.05, 0.1) is 34.8 Å². The Morgan fingerprint density at radius 2 is 0.620 bits per heavy atom. The summed E-state index contributed by atoms with van der Waals surface area (Å²) in [5.41, 5.74) is 0.282. The molecule has 0 heterocycles. The quantitative estimate of drug-likeness (QED) is 0.0114. The van der Waals surface area contributed by atoms with Crippen LogP contribution in [0.4, 0.5) is 9.59 Å². The number of carbonyl (C=O) groups excluding carboxylic acids is 14. The Morgan fingerprint density at radius 1 is 0.333 bits per heavy atom. The normalized spacial score (nSPS) is 10.8. The number of hydrogen-bond donors (Lipinski definition) is 6. The topological polar surface area (TPSA) is 403 Å². The number of rotatable bonds is 32. The van der Waals surface area contributed by atoms with Crippen molar-refractivity contribution in [3.8, 4) is 23.0 Å². The van der Waals surface area contributed by atoms with E-state index in [4.69, 9.17) is 47.4 Å². The van der Waals surface area contributed by atoms with Crippen molar-refractivity contribution in [1.29, 1.82) is 0 Å². The lowest BCUT2D eigenvalue weighted by atomic mass is 9.97. The molecule has 4 rings (SSSR count). The highest BCUT2D eigenvalue weighted by Crippen LogP contribution is 2.27. The minimum Gasteiger partial charge on any atom is -0.461 e. The Labute approximate surface area is 632 Å². The van der Waals surface area contributed by atoms with Crippen molar-refractivity contribution in [2.75, 3.05) is 39.3 Å². The summed E-state index contributed by atoms with van der Waals surface area (Å²) in [4.78, 5) is 163.